The van der Waals surface area contributed by atoms with E-state index in [1.807, 2.05) is 0 Å². The second-order valence-corrected chi connectivity index (χ2v) is 9.70. The van der Waals surface area contributed by atoms with Crippen LogP contribution in [0, 0.1) is 47.3 Å². The van der Waals surface area contributed by atoms with Crippen molar-refractivity contribution >= 4 is 31.9 Å². The summed E-state index contributed by atoms with van der Waals surface area (Å²) in [7, 11) is 0. The summed E-state index contributed by atoms with van der Waals surface area (Å²) >= 11 is 8.01. The smallest absolute Gasteiger partial charge is 0.0721 e. The van der Waals surface area contributed by atoms with Gasteiger partial charge in [0.25, 0.3) is 0 Å². The van der Waals surface area contributed by atoms with Crippen LogP contribution in [0.3, 0.4) is 0 Å². The average molecular weight is 304 g/mol. The molecule has 0 nitrogen and oxygen atoms in total. The van der Waals surface area contributed by atoms with Gasteiger partial charge in [-0.1, -0.05) is 31.9 Å². The van der Waals surface area contributed by atoms with Crippen LogP contribution in [-0.2, 0) is 0 Å². The van der Waals surface area contributed by atoms with Crippen LogP contribution in [0.2, 0.25) is 0 Å². The first-order chi connectivity index (χ1) is 6.21. The zero-order valence-electron chi connectivity index (χ0n) is 7.29. The third kappa shape index (κ3) is 0.480. The monoisotopic (exact) mass is 302 g/mol. The molecule has 0 aromatic rings. The van der Waals surface area contributed by atoms with E-state index in [-0.39, 0.29) is 0 Å². The fraction of sp³-hybridized carbons (Fsp3) is 1.00. The van der Waals surface area contributed by atoms with E-state index in [1.165, 1.54) is 11.8 Å². The molecule has 13 heavy (non-hydrogen) atoms. The molecule has 6 aliphatic carbocycles. The van der Waals surface area contributed by atoms with Gasteiger partial charge in [-0.15, -0.1) is 0 Å². The Bertz CT molecular complexity index is 294. The third-order valence-electron chi connectivity index (χ3n) is 6.26. The Kier molecular flexibility index (Phi) is 0.954. The molecule has 0 aromatic carbocycles. The highest BCUT2D eigenvalue weighted by Gasteiger charge is 2.83. The zero-order valence-corrected chi connectivity index (χ0v) is 10.5. The summed E-state index contributed by atoms with van der Waals surface area (Å²) in [4.78, 5) is 0. The molecule has 0 heterocycles. The lowest BCUT2D eigenvalue weighted by Crippen LogP contribution is -2.30. The van der Waals surface area contributed by atoms with Crippen LogP contribution in [0.5, 0.6) is 0 Å². The Balaban J connectivity index is 1.88. The molecule has 0 amide bonds. The van der Waals surface area contributed by atoms with Crippen molar-refractivity contribution in [2.24, 2.45) is 47.3 Å². The highest BCUT2D eigenvalue weighted by molar-refractivity contribution is 9.25. The van der Waals surface area contributed by atoms with Crippen LogP contribution in [0.25, 0.3) is 0 Å². The second-order valence-electron chi connectivity index (χ2n) is 6.01. The number of rotatable bonds is 0. The minimum absolute atomic E-state index is 0.380. The van der Waals surface area contributed by atoms with Crippen LogP contribution in [0.15, 0.2) is 0 Å². The van der Waals surface area contributed by atoms with Gasteiger partial charge in [0.1, 0.15) is 0 Å². The van der Waals surface area contributed by atoms with E-state index < -0.39 is 0 Å². The van der Waals surface area contributed by atoms with Crippen molar-refractivity contribution in [1.82, 2.24) is 0 Å². The summed E-state index contributed by atoms with van der Waals surface area (Å²) < 4.78 is 0.380. The van der Waals surface area contributed by atoms with E-state index in [9.17, 15) is 0 Å². The van der Waals surface area contributed by atoms with Gasteiger partial charge in [-0.05, 0) is 60.2 Å². The Morgan fingerprint density at radius 2 is 1.23 bits per heavy atom. The molecule has 0 N–H and O–H groups in total. The Morgan fingerprint density at radius 1 is 0.769 bits per heavy atom. The van der Waals surface area contributed by atoms with E-state index in [2.05, 4.69) is 31.9 Å². The number of hydrogen-bond donors (Lipinski definition) is 0. The first-order valence-electron chi connectivity index (χ1n) is 5.59. The Morgan fingerprint density at radius 3 is 1.69 bits per heavy atom. The largest absolute Gasteiger partial charge is 0.0872 e. The second kappa shape index (κ2) is 1.71. The highest BCUT2D eigenvalue weighted by Crippen LogP contribution is 2.87. The normalized spacial score (nSPS) is 78.0. The molecule has 0 spiro atoms. The molecule has 6 saturated carbocycles. The maximum Gasteiger partial charge on any atom is 0.0872 e. The van der Waals surface area contributed by atoms with Gasteiger partial charge in [0.15, 0.2) is 0 Å². The summed E-state index contributed by atoms with van der Waals surface area (Å²) in [5.74, 6) is 8.83. The van der Waals surface area contributed by atoms with Crippen LogP contribution in [0.4, 0.5) is 0 Å². The van der Waals surface area contributed by atoms with E-state index in [0.29, 0.717) is 3.23 Å². The van der Waals surface area contributed by atoms with Gasteiger partial charge >= 0.3 is 0 Å². The van der Waals surface area contributed by atoms with Gasteiger partial charge in [0.2, 0.25) is 0 Å². The molecule has 6 fully saturated rings. The lowest BCUT2D eigenvalue weighted by molar-refractivity contribution is 0.132. The van der Waals surface area contributed by atoms with Gasteiger partial charge in [-0.3, -0.25) is 0 Å². The summed E-state index contributed by atoms with van der Waals surface area (Å²) in [6, 6.07) is 0. The topological polar surface area (TPSA) is 0 Å². The van der Waals surface area contributed by atoms with Crippen LogP contribution < -0.4 is 0 Å². The summed E-state index contributed by atoms with van der Waals surface area (Å²) in [5, 5.41) is 0. The van der Waals surface area contributed by atoms with Crippen LogP contribution in [-0.4, -0.2) is 3.23 Å². The minimum Gasteiger partial charge on any atom is -0.0721 e. The number of halogens is 2. The van der Waals surface area contributed by atoms with Crippen molar-refractivity contribution in [3.8, 4) is 0 Å². The van der Waals surface area contributed by atoms with Crippen molar-refractivity contribution in [2.45, 2.75) is 16.1 Å². The maximum atomic E-state index is 4.01. The van der Waals surface area contributed by atoms with Crippen molar-refractivity contribution < 1.29 is 0 Å². The molecule has 6 aliphatic rings. The molecule has 0 aromatic heterocycles. The fourth-order valence-electron chi connectivity index (χ4n) is 6.53. The minimum atomic E-state index is 0.380. The van der Waals surface area contributed by atoms with Crippen molar-refractivity contribution in [3.63, 3.8) is 0 Å². The zero-order chi connectivity index (χ0) is 8.53. The van der Waals surface area contributed by atoms with Gasteiger partial charge in [-0.25, -0.2) is 0 Å². The molecule has 6 rings (SSSR count). The molecule has 0 radical (unpaired) electrons. The first-order valence-corrected chi connectivity index (χ1v) is 7.17. The Labute approximate surface area is 95.1 Å². The molecular weight excluding hydrogens is 292 g/mol. The average Bonchev–Trinajstić information content (AvgIpc) is 2.71. The predicted molar refractivity (Wildman–Crippen MR) is 57.7 cm³/mol. The molecule has 70 valence electrons. The number of alkyl halides is 2. The SMILES string of the molecule is BrC1(Br)[C@@H]2[C@H]3C[C@@H]4[C@@H]5C[C@@H]([C@@H]42)[C@@H]1[C@@H]53. The molecule has 0 saturated heterocycles. The van der Waals surface area contributed by atoms with Crippen LogP contribution >= 0.6 is 31.9 Å². The van der Waals surface area contributed by atoms with Gasteiger partial charge in [-0.2, -0.15) is 0 Å². The molecular formula is C11H12Br2. The summed E-state index contributed by atoms with van der Waals surface area (Å²) in [5.41, 5.74) is 0. The summed E-state index contributed by atoms with van der Waals surface area (Å²) in [6.45, 7) is 0. The van der Waals surface area contributed by atoms with Crippen molar-refractivity contribution in [2.75, 3.05) is 0 Å². The van der Waals surface area contributed by atoms with Crippen LogP contribution in [0.1, 0.15) is 12.8 Å². The molecule has 0 aliphatic heterocycles. The number of hydrogen-bond acceptors (Lipinski definition) is 0. The molecule has 6 bridgehead atoms. The standard InChI is InChI=1S/C11H12Br2/c12-11(13)9-5-1-3-4-2-6(7(3)9)10(11)8(4)5/h3-10H,1-2H2/t3-,4+,5-,6-,7-,8+,9+,10+/m0/s1. The van der Waals surface area contributed by atoms with E-state index >= 15 is 0 Å². The fourth-order valence-corrected chi connectivity index (χ4v) is 9.11. The van der Waals surface area contributed by atoms with E-state index in [4.69, 9.17) is 0 Å². The van der Waals surface area contributed by atoms with Gasteiger partial charge in [0.05, 0.1) is 3.23 Å². The molecule has 2 heteroatoms. The predicted octanol–water partition coefficient (Wildman–Crippen LogP) is 3.25. The first kappa shape index (κ1) is 7.27. The lowest BCUT2D eigenvalue weighted by Gasteiger charge is -2.33. The highest BCUT2D eigenvalue weighted by atomic mass is 79.9. The Hall–Kier alpha value is 0.960. The molecule has 0 unspecified atom stereocenters. The van der Waals surface area contributed by atoms with Crippen molar-refractivity contribution in [1.29, 1.82) is 0 Å². The lowest BCUT2D eigenvalue weighted by atomic mass is 9.71. The quantitative estimate of drug-likeness (QED) is 0.603. The molecule has 8 atom stereocenters. The van der Waals surface area contributed by atoms with Gasteiger partial charge in [0, 0.05) is 0 Å². The third-order valence-corrected chi connectivity index (χ3v) is 8.37. The van der Waals surface area contributed by atoms with Crippen molar-refractivity contribution in [3.05, 3.63) is 0 Å². The van der Waals surface area contributed by atoms with E-state index in [0.717, 1.165) is 35.5 Å². The van der Waals surface area contributed by atoms with Gasteiger partial charge < -0.3 is 0 Å². The van der Waals surface area contributed by atoms with E-state index in [1.54, 1.807) is 12.8 Å². The maximum absolute atomic E-state index is 4.01. The summed E-state index contributed by atoms with van der Waals surface area (Å²) in [6.07, 6.45) is 3.19.